The molecule has 0 aliphatic heterocycles. The average molecular weight is 328 g/mol. The van der Waals surface area contributed by atoms with Gasteiger partial charge in [0, 0.05) is 6.08 Å². The highest BCUT2D eigenvalue weighted by Crippen LogP contribution is 2.39. The molecule has 0 spiro atoms. The number of nitrogens with one attached hydrogen (secondary N) is 1. The Bertz CT molecular complexity index is 611. The van der Waals surface area contributed by atoms with E-state index in [1.54, 1.807) is 24.3 Å². The number of benzene rings is 1. The van der Waals surface area contributed by atoms with Crippen LogP contribution < -0.4 is 5.32 Å². The first kappa shape index (κ1) is 15.9. The summed E-state index contributed by atoms with van der Waals surface area (Å²) < 4.78 is 0. The molecule has 4 nitrogen and oxygen atoms in total. The van der Waals surface area contributed by atoms with Crippen LogP contribution in [0.25, 0.3) is 6.08 Å². The van der Waals surface area contributed by atoms with E-state index in [-0.39, 0.29) is 5.92 Å². The molecule has 6 heteroatoms. The Labute approximate surface area is 132 Å². The molecular weight excluding hydrogens is 313 g/mol. The van der Waals surface area contributed by atoms with E-state index in [1.807, 2.05) is 0 Å². The highest BCUT2D eigenvalue weighted by atomic mass is 35.5. The van der Waals surface area contributed by atoms with Crippen LogP contribution in [0.2, 0.25) is 10.0 Å². The highest BCUT2D eigenvalue weighted by molar-refractivity contribution is 6.42. The fraction of sp³-hybridized carbons (Fsp3) is 0.333. The molecule has 2 rings (SSSR count). The Kier molecular flexibility index (Phi) is 4.59. The van der Waals surface area contributed by atoms with E-state index < -0.39 is 17.4 Å². The third-order valence-corrected chi connectivity index (χ3v) is 4.33. The number of carboxylic acids is 1. The molecule has 1 unspecified atom stereocenters. The van der Waals surface area contributed by atoms with Crippen molar-refractivity contribution in [1.29, 1.82) is 0 Å². The van der Waals surface area contributed by atoms with Gasteiger partial charge < -0.3 is 10.4 Å². The molecule has 0 aromatic heterocycles. The zero-order chi connectivity index (χ0) is 15.6. The quantitative estimate of drug-likeness (QED) is 0.815. The molecule has 112 valence electrons. The first-order valence-corrected chi connectivity index (χ1v) is 7.27. The molecule has 0 heterocycles. The van der Waals surface area contributed by atoms with Gasteiger partial charge in [0.15, 0.2) is 0 Å². The van der Waals surface area contributed by atoms with Crippen molar-refractivity contribution in [2.45, 2.75) is 25.3 Å². The number of aliphatic carboxylic acids is 1. The summed E-state index contributed by atoms with van der Waals surface area (Å²) in [5.41, 5.74) is -0.498. The maximum absolute atomic E-state index is 11.9. The van der Waals surface area contributed by atoms with E-state index >= 15 is 0 Å². The minimum atomic E-state index is -1.21. The Morgan fingerprint density at radius 2 is 2.00 bits per heavy atom. The molecule has 2 N–H and O–H groups in total. The van der Waals surface area contributed by atoms with E-state index in [1.165, 1.54) is 13.0 Å². The first-order chi connectivity index (χ1) is 9.83. The van der Waals surface area contributed by atoms with Crippen molar-refractivity contribution in [3.8, 4) is 0 Å². The van der Waals surface area contributed by atoms with Crippen molar-refractivity contribution in [2.75, 3.05) is 0 Å². The summed E-state index contributed by atoms with van der Waals surface area (Å²) in [5, 5.41) is 12.7. The van der Waals surface area contributed by atoms with Crippen molar-refractivity contribution >= 4 is 41.2 Å². The number of rotatable bonds is 5. The Balaban J connectivity index is 2.05. The van der Waals surface area contributed by atoms with Crippen molar-refractivity contribution < 1.29 is 14.7 Å². The van der Waals surface area contributed by atoms with Crippen LogP contribution in [0.15, 0.2) is 24.3 Å². The fourth-order valence-electron chi connectivity index (χ4n) is 2.08. The van der Waals surface area contributed by atoms with E-state index in [2.05, 4.69) is 5.32 Å². The topological polar surface area (TPSA) is 66.4 Å². The van der Waals surface area contributed by atoms with E-state index in [0.717, 1.165) is 12.8 Å². The van der Waals surface area contributed by atoms with Crippen molar-refractivity contribution in [3.05, 3.63) is 39.9 Å². The van der Waals surface area contributed by atoms with Crippen LogP contribution in [-0.4, -0.2) is 22.5 Å². The third-order valence-electron chi connectivity index (χ3n) is 3.59. The molecule has 1 amide bonds. The summed E-state index contributed by atoms with van der Waals surface area (Å²) >= 11 is 11.7. The van der Waals surface area contributed by atoms with Crippen molar-refractivity contribution in [3.63, 3.8) is 0 Å². The van der Waals surface area contributed by atoms with Crippen LogP contribution >= 0.6 is 23.2 Å². The molecule has 0 bridgehead atoms. The van der Waals surface area contributed by atoms with Crippen LogP contribution in [0.5, 0.6) is 0 Å². The zero-order valence-electron chi connectivity index (χ0n) is 11.4. The standard InChI is InChI=1S/C15H15Cl2NO3/c1-15(14(20)21,10-4-5-10)18-13(19)7-3-9-2-6-11(16)12(17)8-9/h2-3,6-8,10H,4-5H2,1H3,(H,18,19)(H,20,21)/b7-3+. The van der Waals surface area contributed by atoms with Crippen LogP contribution in [0.4, 0.5) is 0 Å². The van der Waals surface area contributed by atoms with Crippen LogP contribution in [-0.2, 0) is 9.59 Å². The minimum Gasteiger partial charge on any atom is -0.480 e. The fourth-order valence-corrected chi connectivity index (χ4v) is 2.38. The number of amides is 1. The van der Waals surface area contributed by atoms with E-state index in [9.17, 15) is 14.7 Å². The first-order valence-electron chi connectivity index (χ1n) is 6.51. The normalized spacial score (nSPS) is 17.5. The molecular formula is C15H15Cl2NO3. The Hall–Kier alpha value is -1.52. The van der Waals surface area contributed by atoms with Crippen LogP contribution in [0.1, 0.15) is 25.3 Å². The summed E-state index contributed by atoms with van der Waals surface area (Å²) in [6.07, 6.45) is 4.50. The predicted molar refractivity (Wildman–Crippen MR) is 82.4 cm³/mol. The number of hydrogen-bond acceptors (Lipinski definition) is 2. The van der Waals surface area contributed by atoms with Gasteiger partial charge in [-0.1, -0.05) is 29.3 Å². The van der Waals surface area contributed by atoms with Crippen molar-refractivity contribution in [2.24, 2.45) is 5.92 Å². The molecule has 1 saturated carbocycles. The lowest BCUT2D eigenvalue weighted by Crippen LogP contribution is -2.53. The predicted octanol–water partition coefficient (Wildman–Crippen LogP) is 3.38. The van der Waals surface area contributed by atoms with Gasteiger partial charge in [-0.2, -0.15) is 0 Å². The summed E-state index contributed by atoms with van der Waals surface area (Å²) in [7, 11) is 0. The van der Waals surface area contributed by atoms with Gasteiger partial charge in [0.1, 0.15) is 5.54 Å². The van der Waals surface area contributed by atoms with Gasteiger partial charge in [0.25, 0.3) is 0 Å². The maximum atomic E-state index is 11.9. The summed E-state index contributed by atoms with van der Waals surface area (Å²) in [6.45, 7) is 1.54. The summed E-state index contributed by atoms with van der Waals surface area (Å²) in [4.78, 5) is 23.2. The second-order valence-corrected chi connectivity index (χ2v) is 6.09. The van der Waals surface area contributed by atoms with Gasteiger partial charge in [0.2, 0.25) is 5.91 Å². The molecule has 1 aliphatic rings. The smallest absolute Gasteiger partial charge is 0.329 e. The number of halogens is 2. The molecule has 1 aromatic carbocycles. The molecule has 1 atom stereocenters. The molecule has 0 radical (unpaired) electrons. The largest absolute Gasteiger partial charge is 0.480 e. The van der Waals surface area contributed by atoms with Gasteiger partial charge in [-0.15, -0.1) is 0 Å². The van der Waals surface area contributed by atoms with Gasteiger partial charge in [-0.05, 0) is 49.5 Å². The molecule has 1 aliphatic carbocycles. The van der Waals surface area contributed by atoms with Gasteiger partial charge >= 0.3 is 5.97 Å². The van der Waals surface area contributed by atoms with Crippen LogP contribution in [0.3, 0.4) is 0 Å². The summed E-state index contributed by atoms with van der Waals surface area (Å²) in [6, 6.07) is 4.98. The molecule has 21 heavy (non-hydrogen) atoms. The number of hydrogen-bond donors (Lipinski definition) is 2. The average Bonchev–Trinajstić information content (AvgIpc) is 3.24. The van der Waals surface area contributed by atoms with Gasteiger partial charge in [0.05, 0.1) is 10.0 Å². The lowest BCUT2D eigenvalue weighted by atomic mass is 9.96. The second kappa shape index (κ2) is 6.08. The van der Waals surface area contributed by atoms with Gasteiger partial charge in [-0.25, -0.2) is 4.79 Å². The molecule has 1 aromatic rings. The number of carbonyl (C=O) groups is 2. The van der Waals surface area contributed by atoms with Crippen molar-refractivity contribution in [1.82, 2.24) is 5.32 Å². The van der Waals surface area contributed by atoms with E-state index in [4.69, 9.17) is 23.2 Å². The molecule has 1 fully saturated rings. The highest BCUT2D eigenvalue weighted by Gasteiger charge is 2.48. The SMILES string of the molecule is CC(NC(=O)/C=C/c1ccc(Cl)c(Cl)c1)(C(=O)O)C1CC1. The monoisotopic (exact) mass is 327 g/mol. The van der Waals surface area contributed by atoms with E-state index in [0.29, 0.717) is 15.6 Å². The maximum Gasteiger partial charge on any atom is 0.329 e. The third kappa shape index (κ3) is 3.77. The number of carbonyl (C=O) groups excluding carboxylic acids is 1. The lowest BCUT2D eigenvalue weighted by molar-refractivity contribution is -0.147. The van der Waals surface area contributed by atoms with Gasteiger partial charge in [-0.3, -0.25) is 4.79 Å². The minimum absolute atomic E-state index is 0.00248. The zero-order valence-corrected chi connectivity index (χ0v) is 12.9. The lowest BCUT2D eigenvalue weighted by Gasteiger charge is -2.25. The summed E-state index contributed by atoms with van der Waals surface area (Å²) in [5.74, 6) is -1.46. The van der Waals surface area contributed by atoms with Crippen LogP contribution in [0, 0.1) is 5.92 Å². The Morgan fingerprint density at radius 1 is 1.33 bits per heavy atom. The number of carboxylic acid groups (broad SMARTS) is 1. The Morgan fingerprint density at radius 3 is 2.52 bits per heavy atom. The second-order valence-electron chi connectivity index (χ2n) is 5.28. The molecule has 0 saturated heterocycles.